The maximum Gasteiger partial charge on any atom is 0.314 e. The van der Waals surface area contributed by atoms with Gasteiger partial charge in [-0.05, 0) is 50.3 Å². The molecule has 6 nitrogen and oxygen atoms in total. The van der Waals surface area contributed by atoms with Gasteiger partial charge in [0.2, 0.25) is 0 Å². The SMILES string of the molecule is CN(C)[C@@H](CNC(=O)NCCc1cccc(O)c1)c1ccco1. The van der Waals surface area contributed by atoms with Crippen LogP contribution in [0, 0.1) is 0 Å². The Hall–Kier alpha value is -2.47. The van der Waals surface area contributed by atoms with Crippen LogP contribution in [0.15, 0.2) is 47.1 Å². The molecule has 2 amide bonds. The summed E-state index contributed by atoms with van der Waals surface area (Å²) in [5.74, 6) is 1.05. The summed E-state index contributed by atoms with van der Waals surface area (Å²) in [5.41, 5.74) is 0.979. The molecule has 2 rings (SSSR count). The highest BCUT2D eigenvalue weighted by Crippen LogP contribution is 2.17. The largest absolute Gasteiger partial charge is 0.508 e. The third-order valence-corrected chi connectivity index (χ3v) is 3.56. The van der Waals surface area contributed by atoms with E-state index < -0.39 is 0 Å². The van der Waals surface area contributed by atoms with Crippen LogP contribution in [0.4, 0.5) is 4.79 Å². The van der Waals surface area contributed by atoms with E-state index in [1.54, 1.807) is 24.5 Å². The second kappa shape index (κ2) is 8.24. The molecule has 1 aromatic heterocycles. The maximum absolute atomic E-state index is 11.9. The van der Waals surface area contributed by atoms with Crippen LogP contribution in [-0.2, 0) is 6.42 Å². The van der Waals surface area contributed by atoms with Crippen LogP contribution in [0.2, 0.25) is 0 Å². The van der Waals surface area contributed by atoms with Crippen molar-refractivity contribution in [2.45, 2.75) is 12.5 Å². The first kappa shape index (κ1) is 16.9. The predicted octanol–water partition coefficient (Wildman–Crippen LogP) is 2.13. The third kappa shape index (κ3) is 5.34. The van der Waals surface area contributed by atoms with E-state index in [1.165, 1.54) is 0 Å². The Morgan fingerprint density at radius 1 is 1.26 bits per heavy atom. The minimum Gasteiger partial charge on any atom is -0.508 e. The summed E-state index contributed by atoms with van der Waals surface area (Å²) in [7, 11) is 3.88. The summed E-state index contributed by atoms with van der Waals surface area (Å²) >= 11 is 0. The molecule has 0 fully saturated rings. The Morgan fingerprint density at radius 2 is 2.09 bits per heavy atom. The van der Waals surface area contributed by atoms with E-state index in [0.29, 0.717) is 19.5 Å². The molecule has 0 aliphatic rings. The van der Waals surface area contributed by atoms with Gasteiger partial charge in [0, 0.05) is 13.1 Å². The van der Waals surface area contributed by atoms with Gasteiger partial charge in [0.15, 0.2) is 0 Å². The van der Waals surface area contributed by atoms with Crippen molar-refractivity contribution in [1.29, 1.82) is 0 Å². The summed E-state index contributed by atoms with van der Waals surface area (Å²) in [6.07, 6.45) is 2.29. The van der Waals surface area contributed by atoms with Crippen molar-refractivity contribution in [3.05, 3.63) is 54.0 Å². The van der Waals surface area contributed by atoms with E-state index in [9.17, 15) is 9.90 Å². The summed E-state index contributed by atoms with van der Waals surface area (Å²) in [6.45, 7) is 0.959. The van der Waals surface area contributed by atoms with Gasteiger partial charge in [-0.2, -0.15) is 0 Å². The number of carbonyl (C=O) groups excluding carboxylic acids is 1. The summed E-state index contributed by atoms with van der Waals surface area (Å²) in [5, 5.41) is 15.1. The molecule has 3 N–H and O–H groups in total. The Kier molecular flexibility index (Phi) is 6.05. The number of urea groups is 1. The first-order valence-corrected chi connectivity index (χ1v) is 7.55. The lowest BCUT2D eigenvalue weighted by molar-refractivity contribution is 0.225. The van der Waals surface area contributed by atoms with Crippen LogP contribution >= 0.6 is 0 Å². The fraction of sp³-hybridized carbons (Fsp3) is 0.353. The second-order valence-electron chi connectivity index (χ2n) is 5.55. The smallest absolute Gasteiger partial charge is 0.314 e. The molecule has 2 aromatic rings. The van der Waals surface area contributed by atoms with E-state index in [-0.39, 0.29) is 17.8 Å². The quantitative estimate of drug-likeness (QED) is 0.731. The summed E-state index contributed by atoms with van der Waals surface area (Å²) in [4.78, 5) is 13.9. The molecule has 124 valence electrons. The van der Waals surface area contributed by atoms with Gasteiger partial charge in [-0.1, -0.05) is 12.1 Å². The molecule has 0 unspecified atom stereocenters. The van der Waals surface area contributed by atoms with Crippen LogP contribution in [0.5, 0.6) is 5.75 Å². The summed E-state index contributed by atoms with van der Waals surface area (Å²) in [6, 6.07) is 10.5. The third-order valence-electron chi connectivity index (χ3n) is 3.56. The van der Waals surface area contributed by atoms with E-state index in [0.717, 1.165) is 11.3 Å². The summed E-state index contributed by atoms with van der Waals surface area (Å²) < 4.78 is 5.40. The predicted molar refractivity (Wildman–Crippen MR) is 88.3 cm³/mol. The molecule has 6 heteroatoms. The Bertz CT molecular complexity index is 611. The van der Waals surface area contributed by atoms with Crippen LogP contribution in [0.25, 0.3) is 0 Å². The first-order valence-electron chi connectivity index (χ1n) is 7.55. The number of rotatable bonds is 7. The van der Waals surface area contributed by atoms with Crippen molar-refractivity contribution < 1.29 is 14.3 Å². The number of phenols is 1. The monoisotopic (exact) mass is 317 g/mol. The molecule has 1 atom stereocenters. The number of phenolic OH excluding ortho intramolecular Hbond substituents is 1. The lowest BCUT2D eigenvalue weighted by Crippen LogP contribution is -2.41. The fourth-order valence-electron chi connectivity index (χ4n) is 2.30. The van der Waals surface area contributed by atoms with Crippen molar-refractivity contribution >= 4 is 6.03 Å². The van der Waals surface area contributed by atoms with Gasteiger partial charge in [-0.15, -0.1) is 0 Å². The Balaban J connectivity index is 1.74. The number of hydrogen-bond acceptors (Lipinski definition) is 4. The van der Waals surface area contributed by atoms with Gasteiger partial charge in [0.05, 0.1) is 12.3 Å². The standard InChI is InChI=1S/C17H23N3O3/c1-20(2)15(16-7-4-10-23-16)12-19-17(22)18-9-8-13-5-3-6-14(21)11-13/h3-7,10-11,15,21H,8-9,12H2,1-2H3,(H2,18,19,22)/t15-/m0/s1. The van der Waals surface area contributed by atoms with E-state index in [2.05, 4.69) is 10.6 Å². The Morgan fingerprint density at radius 3 is 2.74 bits per heavy atom. The molecule has 1 aromatic carbocycles. The van der Waals surface area contributed by atoms with Gasteiger partial charge in [0.1, 0.15) is 11.5 Å². The van der Waals surface area contributed by atoms with Crippen molar-refractivity contribution in [3.63, 3.8) is 0 Å². The first-order chi connectivity index (χ1) is 11.1. The molecular formula is C17H23N3O3. The molecule has 0 saturated heterocycles. The zero-order valence-electron chi connectivity index (χ0n) is 13.5. The highest BCUT2D eigenvalue weighted by Gasteiger charge is 2.17. The zero-order chi connectivity index (χ0) is 16.7. The highest BCUT2D eigenvalue weighted by atomic mass is 16.3. The molecule has 0 bridgehead atoms. The van der Waals surface area contributed by atoms with Crippen molar-refractivity contribution in [3.8, 4) is 5.75 Å². The molecule has 23 heavy (non-hydrogen) atoms. The van der Waals surface area contributed by atoms with Gasteiger partial charge in [-0.3, -0.25) is 4.90 Å². The van der Waals surface area contributed by atoms with Crippen LogP contribution in [0.1, 0.15) is 17.4 Å². The van der Waals surface area contributed by atoms with E-state index >= 15 is 0 Å². The van der Waals surface area contributed by atoms with Gasteiger partial charge in [-0.25, -0.2) is 4.79 Å². The molecule has 0 spiro atoms. The normalized spacial score (nSPS) is 12.1. The number of nitrogens with zero attached hydrogens (tertiary/aromatic N) is 1. The average molecular weight is 317 g/mol. The number of hydrogen-bond donors (Lipinski definition) is 3. The maximum atomic E-state index is 11.9. The van der Waals surface area contributed by atoms with Gasteiger partial charge >= 0.3 is 6.03 Å². The number of benzene rings is 1. The highest BCUT2D eigenvalue weighted by molar-refractivity contribution is 5.73. The van der Waals surface area contributed by atoms with E-state index in [4.69, 9.17) is 4.42 Å². The molecule has 0 radical (unpaired) electrons. The number of carbonyl (C=O) groups is 1. The number of furan rings is 1. The molecular weight excluding hydrogens is 294 g/mol. The number of nitrogens with one attached hydrogen (secondary N) is 2. The second-order valence-corrected chi connectivity index (χ2v) is 5.55. The minimum absolute atomic E-state index is 0.0122. The van der Waals surface area contributed by atoms with Crippen molar-refractivity contribution in [1.82, 2.24) is 15.5 Å². The number of likely N-dealkylation sites (N-methyl/N-ethyl adjacent to an activating group) is 1. The lowest BCUT2D eigenvalue weighted by atomic mass is 10.1. The molecule has 0 aliphatic heterocycles. The topological polar surface area (TPSA) is 77.7 Å². The Labute approximate surface area is 136 Å². The van der Waals surface area contributed by atoms with Crippen LogP contribution < -0.4 is 10.6 Å². The average Bonchev–Trinajstić information content (AvgIpc) is 3.01. The lowest BCUT2D eigenvalue weighted by Gasteiger charge is -2.22. The molecule has 0 saturated carbocycles. The molecule has 1 heterocycles. The minimum atomic E-state index is -0.219. The van der Waals surface area contributed by atoms with Crippen LogP contribution in [0.3, 0.4) is 0 Å². The fourth-order valence-corrected chi connectivity index (χ4v) is 2.30. The van der Waals surface area contributed by atoms with Gasteiger partial charge < -0.3 is 20.2 Å². The molecule has 0 aliphatic carbocycles. The van der Waals surface area contributed by atoms with Gasteiger partial charge in [0.25, 0.3) is 0 Å². The van der Waals surface area contributed by atoms with Crippen molar-refractivity contribution in [2.24, 2.45) is 0 Å². The number of aromatic hydroxyl groups is 1. The zero-order valence-corrected chi connectivity index (χ0v) is 13.5. The van der Waals surface area contributed by atoms with Crippen molar-refractivity contribution in [2.75, 3.05) is 27.2 Å². The number of amides is 2. The van der Waals surface area contributed by atoms with Crippen LogP contribution in [-0.4, -0.2) is 43.2 Å². The van der Waals surface area contributed by atoms with E-state index in [1.807, 2.05) is 37.2 Å².